The minimum atomic E-state index is 0.358. The van der Waals surface area contributed by atoms with E-state index in [1.165, 1.54) is 5.56 Å². The largest absolute Gasteiger partial charge is 0.382 e. The topological polar surface area (TPSA) is 35.4 Å². The zero-order valence-electron chi connectivity index (χ0n) is 10.4. The Labute approximate surface area is 97.5 Å². The first-order valence-corrected chi connectivity index (χ1v) is 5.63. The number of hydrogen-bond donors (Lipinski definition) is 1. The van der Waals surface area contributed by atoms with Gasteiger partial charge >= 0.3 is 0 Å². The fourth-order valence-electron chi connectivity index (χ4n) is 1.42. The molecule has 0 amide bonds. The van der Waals surface area contributed by atoms with Crippen molar-refractivity contribution in [2.24, 2.45) is 7.05 Å². The van der Waals surface area contributed by atoms with Crippen molar-refractivity contribution in [1.82, 2.24) is 9.88 Å². The van der Waals surface area contributed by atoms with Gasteiger partial charge in [0.1, 0.15) is 0 Å². The van der Waals surface area contributed by atoms with Gasteiger partial charge in [0, 0.05) is 39.1 Å². The smallest absolute Gasteiger partial charge is 0.0701 e. The average Bonchev–Trinajstić information content (AvgIpc) is 2.68. The highest BCUT2D eigenvalue weighted by molar-refractivity contribution is 5.09. The molecule has 0 saturated heterocycles. The number of methoxy groups -OCH3 is 1. The Kier molecular flexibility index (Phi) is 6.15. The summed E-state index contributed by atoms with van der Waals surface area (Å²) in [7, 11) is 3.71. The number of ether oxygens (including phenoxy) is 2. The maximum Gasteiger partial charge on any atom is 0.0701 e. The van der Waals surface area contributed by atoms with Crippen molar-refractivity contribution < 1.29 is 9.47 Å². The van der Waals surface area contributed by atoms with Crippen molar-refractivity contribution >= 4 is 0 Å². The predicted molar refractivity (Wildman–Crippen MR) is 64.4 cm³/mol. The van der Waals surface area contributed by atoms with Crippen LogP contribution in [0, 0.1) is 0 Å². The highest BCUT2D eigenvalue weighted by Gasteiger charge is 2.02. The van der Waals surface area contributed by atoms with Gasteiger partial charge in [-0.05, 0) is 18.6 Å². The molecule has 0 spiro atoms. The van der Waals surface area contributed by atoms with Gasteiger partial charge in [0.2, 0.25) is 0 Å². The fraction of sp³-hybridized carbons (Fsp3) is 0.667. The van der Waals surface area contributed by atoms with E-state index < -0.39 is 0 Å². The Balaban J connectivity index is 2.08. The van der Waals surface area contributed by atoms with Gasteiger partial charge in [-0.2, -0.15) is 0 Å². The second-order valence-corrected chi connectivity index (χ2v) is 4.03. The molecule has 92 valence electrons. The Morgan fingerprint density at radius 1 is 1.44 bits per heavy atom. The number of hydrogen-bond acceptors (Lipinski definition) is 3. The highest BCUT2D eigenvalue weighted by atomic mass is 16.5. The molecule has 0 radical (unpaired) electrons. The van der Waals surface area contributed by atoms with Crippen LogP contribution in [0.4, 0.5) is 0 Å². The molecule has 1 rings (SSSR count). The van der Waals surface area contributed by atoms with E-state index in [1.54, 1.807) is 7.11 Å². The third kappa shape index (κ3) is 5.30. The van der Waals surface area contributed by atoms with E-state index in [0.29, 0.717) is 19.3 Å². The van der Waals surface area contributed by atoms with E-state index in [2.05, 4.69) is 35.3 Å². The van der Waals surface area contributed by atoms with Gasteiger partial charge in [-0.1, -0.05) is 0 Å². The van der Waals surface area contributed by atoms with Gasteiger partial charge in [-0.15, -0.1) is 0 Å². The van der Waals surface area contributed by atoms with Gasteiger partial charge in [0.05, 0.1) is 19.8 Å². The first-order chi connectivity index (χ1) is 7.72. The van der Waals surface area contributed by atoms with Crippen LogP contribution in [0.15, 0.2) is 18.5 Å². The standard InChI is InChI=1S/C12H22N2O2/c1-11(10-16-7-6-15-3)13-8-12-4-5-14(2)9-12/h4-5,9,11,13H,6-8,10H2,1-3H3. The van der Waals surface area contributed by atoms with Crippen LogP contribution in [-0.2, 0) is 23.1 Å². The fourth-order valence-corrected chi connectivity index (χ4v) is 1.42. The van der Waals surface area contributed by atoms with E-state index in [4.69, 9.17) is 9.47 Å². The second kappa shape index (κ2) is 7.44. The van der Waals surface area contributed by atoms with Crippen molar-refractivity contribution in [1.29, 1.82) is 0 Å². The van der Waals surface area contributed by atoms with E-state index in [9.17, 15) is 0 Å². The van der Waals surface area contributed by atoms with Gasteiger partial charge in [-0.3, -0.25) is 0 Å². The first-order valence-electron chi connectivity index (χ1n) is 5.63. The molecule has 1 unspecified atom stereocenters. The molecule has 0 saturated carbocycles. The molecule has 0 aliphatic heterocycles. The molecular weight excluding hydrogens is 204 g/mol. The lowest BCUT2D eigenvalue weighted by atomic mass is 10.3. The summed E-state index contributed by atoms with van der Waals surface area (Å²) in [6.45, 7) is 5.04. The maximum atomic E-state index is 5.44. The Bertz CT molecular complexity index is 286. The van der Waals surface area contributed by atoms with E-state index in [0.717, 1.165) is 13.2 Å². The molecule has 1 aromatic rings. The summed E-state index contributed by atoms with van der Waals surface area (Å²) in [6, 6.07) is 2.47. The summed E-state index contributed by atoms with van der Waals surface area (Å²) in [4.78, 5) is 0. The predicted octanol–water partition coefficient (Wildman–Crippen LogP) is 1.17. The molecule has 16 heavy (non-hydrogen) atoms. The quantitative estimate of drug-likeness (QED) is 0.676. The van der Waals surface area contributed by atoms with Crippen molar-refractivity contribution in [3.05, 3.63) is 24.0 Å². The summed E-state index contributed by atoms with van der Waals surface area (Å²) >= 11 is 0. The minimum absolute atomic E-state index is 0.358. The summed E-state index contributed by atoms with van der Waals surface area (Å²) in [6.07, 6.45) is 4.17. The highest BCUT2D eigenvalue weighted by Crippen LogP contribution is 1.99. The monoisotopic (exact) mass is 226 g/mol. The lowest BCUT2D eigenvalue weighted by Crippen LogP contribution is -2.30. The molecule has 1 atom stereocenters. The van der Waals surface area contributed by atoms with E-state index >= 15 is 0 Å². The second-order valence-electron chi connectivity index (χ2n) is 4.03. The summed E-state index contributed by atoms with van der Waals surface area (Å²) in [5.41, 5.74) is 1.30. The summed E-state index contributed by atoms with van der Waals surface area (Å²) < 4.78 is 12.4. The Morgan fingerprint density at radius 3 is 2.88 bits per heavy atom. The maximum absolute atomic E-state index is 5.44. The van der Waals surface area contributed by atoms with Gasteiger partial charge in [0.25, 0.3) is 0 Å². The van der Waals surface area contributed by atoms with Crippen LogP contribution in [0.1, 0.15) is 12.5 Å². The van der Waals surface area contributed by atoms with Crippen LogP contribution in [0.5, 0.6) is 0 Å². The number of nitrogens with one attached hydrogen (secondary N) is 1. The number of aromatic nitrogens is 1. The van der Waals surface area contributed by atoms with Crippen molar-refractivity contribution in [2.75, 3.05) is 26.9 Å². The van der Waals surface area contributed by atoms with Gasteiger partial charge in [-0.25, -0.2) is 0 Å². The van der Waals surface area contributed by atoms with Crippen molar-refractivity contribution in [3.8, 4) is 0 Å². The molecule has 0 fully saturated rings. The molecular formula is C12H22N2O2. The number of rotatable bonds is 8. The van der Waals surface area contributed by atoms with Crippen molar-refractivity contribution in [2.45, 2.75) is 19.5 Å². The SMILES string of the molecule is COCCOCC(C)NCc1ccn(C)c1. The first kappa shape index (κ1) is 13.2. The Morgan fingerprint density at radius 2 is 2.25 bits per heavy atom. The van der Waals surface area contributed by atoms with Crippen LogP contribution in [0.2, 0.25) is 0 Å². The molecule has 1 heterocycles. The van der Waals surface area contributed by atoms with Crippen LogP contribution >= 0.6 is 0 Å². The molecule has 0 aromatic carbocycles. The zero-order chi connectivity index (χ0) is 11.8. The number of aryl methyl sites for hydroxylation is 1. The molecule has 4 nitrogen and oxygen atoms in total. The lowest BCUT2D eigenvalue weighted by molar-refractivity contribution is 0.0608. The molecule has 4 heteroatoms. The van der Waals surface area contributed by atoms with Crippen LogP contribution in [0.25, 0.3) is 0 Å². The molecule has 0 aliphatic rings. The Hall–Kier alpha value is -0.840. The van der Waals surface area contributed by atoms with Crippen LogP contribution in [0.3, 0.4) is 0 Å². The third-order valence-electron chi connectivity index (χ3n) is 2.35. The molecule has 1 aromatic heterocycles. The lowest BCUT2D eigenvalue weighted by Gasteiger charge is -2.13. The van der Waals surface area contributed by atoms with Gasteiger partial charge in [0.15, 0.2) is 0 Å². The molecule has 1 N–H and O–H groups in total. The van der Waals surface area contributed by atoms with Crippen LogP contribution < -0.4 is 5.32 Å². The molecule has 0 aliphatic carbocycles. The van der Waals surface area contributed by atoms with E-state index in [-0.39, 0.29) is 0 Å². The normalized spacial score (nSPS) is 12.9. The minimum Gasteiger partial charge on any atom is -0.382 e. The average molecular weight is 226 g/mol. The zero-order valence-corrected chi connectivity index (χ0v) is 10.4. The number of nitrogens with zero attached hydrogens (tertiary/aromatic N) is 1. The van der Waals surface area contributed by atoms with E-state index in [1.807, 2.05) is 7.05 Å². The van der Waals surface area contributed by atoms with Gasteiger partial charge < -0.3 is 19.4 Å². The molecule has 0 bridgehead atoms. The van der Waals surface area contributed by atoms with Crippen molar-refractivity contribution in [3.63, 3.8) is 0 Å². The third-order valence-corrected chi connectivity index (χ3v) is 2.35. The summed E-state index contributed by atoms with van der Waals surface area (Å²) in [5.74, 6) is 0. The van der Waals surface area contributed by atoms with Crippen LogP contribution in [-0.4, -0.2) is 37.5 Å². The summed E-state index contributed by atoms with van der Waals surface area (Å²) in [5, 5.41) is 3.41.